The minimum atomic E-state index is -3.38. The van der Waals surface area contributed by atoms with Gasteiger partial charge in [-0.2, -0.15) is 4.31 Å². The Bertz CT molecular complexity index is 443. The number of rotatable bonds is 2. The lowest BCUT2D eigenvalue weighted by molar-refractivity contribution is -0.131. The number of piperazine rings is 1. The number of likely N-dealkylation sites (tertiary alicyclic amines) is 1. The minimum Gasteiger partial charge on any atom is -0.340 e. The van der Waals surface area contributed by atoms with Crippen molar-refractivity contribution in [3.05, 3.63) is 11.5 Å². The highest BCUT2D eigenvalue weighted by Crippen LogP contribution is 2.34. The Hall–Kier alpha value is -0.880. The van der Waals surface area contributed by atoms with Crippen molar-refractivity contribution in [2.75, 3.05) is 13.1 Å². The van der Waals surface area contributed by atoms with Gasteiger partial charge in [0.2, 0.25) is 15.9 Å². The monoisotopic (exact) mass is 258 g/mol. The molecule has 0 N–H and O–H groups in total. The topological polar surface area (TPSA) is 57.7 Å². The van der Waals surface area contributed by atoms with Gasteiger partial charge in [0, 0.05) is 37.0 Å². The zero-order chi connectivity index (χ0) is 12.8. The van der Waals surface area contributed by atoms with Crippen molar-refractivity contribution in [1.29, 1.82) is 0 Å². The largest absolute Gasteiger partial charge is 0.340 e. The molecule has 2 fully saturated rings. The molecule has 2 saturated heterocycles. The molecule has 2 heterocycles. The smallest absolute Gasteiger partial charge is 0.238 e. The van der Waals surface area contributed by atoms with Crippen LogP contribution < -0.4 is 0 Å². The molecule has 0 aromatic heterocycles. The molecule has 0 aromatic carbocycles. The van der Waals surface area contributed by atoms with Crippen LogP contribution >= 0.6 is 0 Å². The SMILES string of the molecule is C=C(C)S(=O)(=O)N1C2CCC1CN(C(C)=O)C2. The van der Waals surface area contributed by atoms with Gasteiger partial charge in [0.1, 0.15) is 0 Å². The van der Waals surface area contributed by atoms with Crippen LogP contribution in [-0.4, -0.2) is 48.7 Å². The van der Waals surface area contributed by atoms with Crippen LogP contribution in [0.4, 0.5) is 0 Å². The van der Waals surface area contributed by atoms with E-state index in [1.54, 1.807) is 9.21 Å². The lowest BCUT2D eigenvalue weighted by Crippen LogP contribution is -2.56. The van der Waals surface area contributed by atoms with E-state index in [9.17, 15) is 13.2 Å². The fourth-order valence-electron chi connectivity index (χ4n) is 2.69. The summed E-state index contributed by atoms with van der Waals surface area (Å²) in [6.45, 7) is 7.62. The molecule has 2 unspecified atom stereocenters. The summed E-state index contributed by atoms with van der Waals surface area (Å²) in [5, 5.41) is 0. The molecule has 1 amide bonds. The van der Waals surface area contributed by atoms with Gasteiger partial charge in [-0.25, -0.2) is 8.42 Å². The highest BCUT2D eigenvalue weighted by molar-refractivity contribution is 7.93. The van der Waals surface area contributed by atoms with Crippen molar-refractivity contribution >= 4 is 15.9 Å². The van der Waals surface area contributed by atoms with E-state index in [0.29, 0.717) is 13.1 Å². The molecule has 0 aromatic rings. The third-order valence-electron chi connectivity index (χ3n) is 3.58. The van der Waals surface area contributed by atoms with Gasteiger partial charge in [-0.3, -0.25) is 4.79 Å². The van der Waals surface area contributed by atoms with Crippen LogP contribution in [0.1, 0.15) is 26.7 Å². The normalized spacial score (nSPS) is 29.4. The third-order valence-corrected chi connectivity index (χ3v) is 5.61. The quantitative estimate of drug-likeness (QED) is 0.726. The molecule has 2 bridgehead atoms. The van der Waals surface area contributed by atoms with Crippen molar-refractivity contribution in [3.8, 4) is 0 Å². The second-order valence-electron chi connectivity index (χ2n) is 4.85. The highest BCUT2D eigenvalue weighted by Gasteiger charge is 2.46. The van der Waals surface area contributed by atoms with Crippen molar-refractivity contribution in [3.63, 3.8) is 0 Å². The third kappa shape index (κ3) is 1.99. The second-order valence-corrected chi connectivity index (χ2v) is 6.91. The number of carbonyl (C=O) groups is 1. The second kappa shape index (κ2) is 4.10. The zero-order valence-corrected chi connectivity index (χ0v) is 11.0. The molecule has 2 atom stereocenters. The van der Waals surface area contributed by atoms with Crippen LogP contribution in [0.25, 0.3) is 0 Å². The zero-order valence-electron chi connectivity index (χ0n) is 10.2. The molecule has 0 aliphatic carbocycles. The van der Waals surface area contributed by atoms with Gasteiger partial charge < -0.3 is 4.90 Å². The van der Waals surface area contributed by atoms with E-state index in [4.69, 9.17) is 0 Å². The van der Waals surface area contributed by atoms with Gasteiger partial charge in [-0.15, -0.1) is 0 Å². The summed E-state index contributed by atoms with van der Waals surface area (Å²) < 4.78 is 25.9. The number of allylic oxidation sites excluding steroid dienone is 1. The summed E-state index contributed by atoms with van der Waals surface area (Å²) in [4.78, 5) is 13.3. The van der Waals surface area contributed by atoms with Crippen molar-refractivity contribution in [2.24, 2.45) is 0 Å². The van der Waals surface area contributed by atoms with E-state index in [1.807, 2.05) is 0 Å². The molecule has 0 spiro atoms. The van der Waals surface area contributed by atoms with Crippen LogP contribution in [0, 0.1) is 0 Å². The lowest BCUT2D eigenvalue weighted by atomic mass is 10.2. The molecular weight excluding hydrogens is 240 g/mol. The molecule has 6 heteroatoms. The first-order chi connectivity index (χ1) is 7.84. The predicted molar refractivity (Wildman–Crippen MR) is 64.6 cm³/mol. The van der Waals surface area contributed by atoms with Gasteiger partial charge in [0.05, 0.1) is 0 Å². The van der Waals surface area contributed by atoms with E-state index < -0.39 is 10.0 Å². The molecule has 0 saturated carbocycles. The standard InChI is InChI=1S/C11H18N2O3S/c1-8(2)17(15,16)13-10-4-5-11(13)7-12(6-10)9(3)14/h10-11H,1,4-7H2,2-3H3. The van der Waals surface area contributed by atoms with Crippen LogP contribution in [0.3, 0.4) is 0 Å². The maximum absolute atomic E-state index is 12.1. The lowest BCUT2D eigenvalue weighted by Gasteiger charge is -2.39. The molecule has 0 radical (unpaired) electrons. The average molecular weight is 258 g/mol. The van der Waals surface area contributed by atoms with E-state index in [2.05, 4.69) is 6.58 Å². The maximum atomic E-state index is 12.1. The van der Waals surface area contributed by atoms with Crippen molar-refractivity contribution < 1.29 is 13.2 Å². The average Bonchev–Trinajstić information content (AvgIpc) is 2.50. The van der Waals surface area contributed by atoms with Gasteiger partial charge in [0.15, 0.2) is 0 Å². The Morgan fingerprint density at radius 2 is 1.65 bits per heavy atom. The number of fused-ring (bicyclic) bond motifs is 2. The fourth-order valence-corrected chi connectivity index (χ4v) is 4.18. The van der Waals surface area contributed by atoms with Crippen molar-refractivity contribution in [1.82, 2.24) is 9.21 Å². The Labute approximate surface area is 102 Å². The molecule has 2 aliphatic heterocycles. The maximum Gasteiger partial charge on any atom is 0.238 e. The molecule has 2 rings (SSSR count). The minimum absolute atomic E-state index is 0.0225. The summed E-state index contributed by atoms with van der Waals surface area (Å²) in [5.74, 6) is 0.0225. The van der Waals surface area contributed by atoms with Gasteiger partial charge >= 0.3 is 0 Å². The highest BCUT2D eigenvalue weighted by atomic mass is 32.2. The number of hydrogen-bond acceptors (Lipinski definition) is 3. The Morgan fingerprint density at radius 1 is 1.18 bits per heavy atom. The molecule has 2 aliphatic rings. The van der Waals surface area contributed by atoms with Crippen molar-refractivity contribution in [2.45, 2.75) is 38.8 Å². The Kier molecular flexibility index (Phi) is 3.03. The summed E-state index contributed by atoms with van der Waals surface area (Å²) in [6, 6.07) is -0.140. The van der Waals surface area contributed by atoms with Crippen LogP contribution in [-0.2, 0) is 14.8 Å². The Balaban J connectivity index is 2.26. The van der Waals surface area contributed by atoms with Gasteiger partial charge in [0.25, 0.3) is 0 Å². The number of carbonyl (C=O) groups excluding carboxylic acids is 1. The summed E-state index contributed by atoms with van der Waals surface area (Å²) in [7, 11) is -3.38. The van der Waals surface area contributed by atoms with Crippen LogP contribution in [0.2, 0.25) is 0 Å². The van der Waals surface area contributed by atoms with E-state index in [0.717, 1.165) is 12.8 Å². The van der Waals surface area contributed by atoms with E-state index in [1.165, 1.54) is 13.8 Å². The van der Waals surface area contributed by atoms with Crippen LogP contribution in [0.15, 0.2) is 11.5 Å². The summed E-state index contributed by atoms with van der Waals surface area (Å²) in [5.41, 5.74) is 0. The Morgan fingerprint density at radius 3 is 2.00 bits per heavy atom. The summed E-state index contributed by atoms with van der Waals surface area (Å²) >= 11 is 0. The molecular formula is C11H18N2O3S. The van der Waals surface area contributed by atoms with E-state index >= 15 is 0 Å². The van der Waals surface area contributed by atoms with E-state index in [-0.39, 0.29) is 22.9 Å². The predicted octanol–water partition coefficient (Wildman–Crippen LogP) is 0.545. The molecule has 17 heavy (non-hydrogen) atoms. The number of nitrogens with zero attached hydrogens (tertiary/aromatic N) is 2. The number of amides is 1. The molecule has 5 nitrogen and oxygen atoms in total. The summed E-state index contributed by atoms with van der Waals surface area (Å²) in [6.07, 6.45) is 1.67. The number of hydrogen-bond donors (Lipinski definition) is 0. The fraction of sp³-hybridized carbons (Fsp3) is 0.727. The first-order valence-electron chi connectivity index (χ1n) is 5.78. The molecule has 96 valence electrons. The van der Waals surface area contributed by atoms with Crippen LogP contribution in [0.5, 0.6) is 0 Å². The first-order valence-corrected chi connectivity index (χ1v) is 7.22. The van der Waals surface area contributed by atoms with Gasteiger partial charge in [-0.05, 0) is 19.8 Å². The number of sulfonamides is 1. The van der Waals surface area contributed by atoms with Gasteiger partial charge in [-0.1, -0.05) is 6.58 Å². The first kappa shape index (κ1) is 12.6.